The zero-order valence-electron chi connectivity index (χ0n) is 9.93. The topological polar surface area (TPSA) is 34.4 Å². The summed E-state index contributed by atoms with van der Waals surface area (Å²) in [5, 5.41) is 9.40. The Morgan fingerprint density at radius 3 is 3.12 bits per heavy atom. The average molecular weight is 223 g/mol. The van der Waals surface area contributed by atoms with E-state index in [1.165, 1.54) is 12.8 Å². The predicted molar refractivity (Wildman–Crippen MR) is 63.3 cm³/mol. The molecule has 3 heteroatoms. The minimum absolute atomic E-state index is 0.362. The molecular weight excluding hydrogens is 202 g/mol. The van der Waals surface area contributed by atoms with E-state index < -0.39 is 0 Å². The first kappa shape index (κ1) is 11.7. The first-order valence-electron chi connectivity index (χ1n) is 6.21. The molecule has 0 saturated carbocycles. The lowest BCUT2D eigenvalue weighted by Gasteiger charge is -2.09. The van der Waals surface area contributed by atoms with Crippen LogP contribution in [-0.2, 0) is 11.3 Å². The molecule has 1 aromatic heterocycles. The lowest BCUT2D eigenvalue weighted by molar-refractivity contribution is 0.101. The Hall–Kier alpha value is -0.800. The number of aromatic nitrogens is 1. The number of nitrogens with zero attached hydrogens (tertiary/aromatic N) is 1. The van der Waals surface area contributed by atoms with Crippen LogP contribution in [0.15, 0.2) is 18.5 Å². The maximum atomic E-state index is 9.40. The Morgan fingerprint density at radius 1 is 1.62 bits per heavy atom. The number of aliphatic hydroxyl groups excluding tert-OH is 1. The Morgan fingerprint density at radius 2 is 2.50 bits per heavy atom. The molecule has 0 aromatic carbocycles. The fourth-order valence-corrected chi connectivity index (χ4v) is 2.22. The zero-order valence-corrected chi connectivity index (χ0v) is 9.93. The number of hydrogen-bond acceptors (Lipinski definition) is 2. The second-order valence-corrected chi connectivity index (χ2v) is 4.64. The summed E-state index contributed by atoms with van der Waals surface area (Å²) in [7, 11) is 0. The van der Waals surface area contributed by atoms with Gasteiger partial charge >= 0.3 is 0 Å². The standard InChI is InChI=1S/C13H21NO2/c1-11(15)12-6-8-14(10-12)7-2-4-13-5-3-9-16-13/h6,8,10-11,13,15H,2-5,7,9H2,1H3. The molecule has 1 saturated heterocycles. The van der Waals surface area contributed by atoms with Gasteiger partial charge in [-0.25, -0.2) is 0 Å². The van der Waals surface area contributed by atoms with Crippen molar-refractivity contribution in [2.75, 3.05) is 6.61 Å². The third-order valence-corrected chi connectivity index (χ3v) is 3.22. The molecule has 1 aliphatic rings. The molecule has 90 valence electrons. The summed E-state index contributed by atoms with van der Waals surface area (Å²) in [6, 6.07) is 1.98. The van der Waals surface area contributed by atoms with E-state index in [9.17, 15) is 5.11 Å². The molecule has 0 amide bonds. The normalized spacial score (nSPS) is 22.5. The van der Waals surface area contributed by atoms with Gasteiger partial charge in [0.15, 0.2) is 0 Å². The summed E-state index contributed by atoms with van der Waals surface area (Å²) in [6.07, 6.45) is 8.95. The highest BCUT2D eigenvalue weighted by Crippen LogP contribution is 2.18. The maximum Gasteiger partial charge on any atom is 0.0776 e. The van der Waals surface area contributed by atoms with Crippen molar-refractivity contribution in [3.63, 3.8) is 0 Å². The minimum atomic E-state index is -0.362. The van der Waals surface area contributed by atoms with Crippen molar-refractivity contribution < 1.29 is 9.84 Å². The van der Waals surface area contributed by atoms with Gasteiger partial charge in [-0.15, -0.1) is 0 Å². The van der Waals surface area contributed by atoms with Gasteiger partial charge in [0.25, 0.3) is 0 Å². The van der Waals surface area contributed by atoms with Crippen LogP contribution < -0.4 is 0 Å². The molecule has 0 spiro atoms. The van der Waals surface area contributed by atoms with E-state index >= 15 is 0 Å². The first-order chi connectivity index (χ1) is 7.75. The minimum Gasteiger partial charge on any atom is -0.389 e. The molecule has 0 aliphatic carbocycles. The quantitative estimate of drug-likeness (QED) is 0.832. The van der Waals surface area contributed by atoms with Gasteiger partial charge in [-0.2, -0.15) is 0 Å². The van der Waals surface area contributed by atoms with E-state index in [1.807, 2.05) is 18.5 Å². The van der Waals surface area contributed by atoms with Gasteiger partial charge in [0.05, 0.1) is 12.2 Å². The van der Waals surface area contributed by atoms with Gasteiger partial charge in [-0.3, -0.25) is 0 Å². The van der Waals surface area contributed by atoms with Crippen LogP contribution in [0.3, 0.4) is 0 Å². The van der Waals surface area contributed by atoms with Gasteiger partial charge in [0, 0.05) is 25.5 Å². The van der Waals surface area contributed by atoms with Crippen LogP contribution in [0.2, 0.25) is 0 Å². The Labute approximate surface area is 97.0 Å². The van der Waals surface area contributed by atoms with E-state index in [0.29, 0.717) is 6.10 Å². The first-order valence-corrected chi connectivity index (χ1v) is 6.21. The molecule has 2 atom stereocenters. The lowest BCUT2D eigenvalue weighted by Crippen LogP contribution is -2.06. The second-order valence-electron chi connectivity index (χ2n) is 4.64. The third kappa shape index (κ3) is 3.09. The van der Waals surface area contributed by atoms with Gasteiger partial charge < -0.3 is 14.4 Å². The average Bonchev–Trinajstić information content (AvgIpc) is 2.87. The van der Waals surface area contributed by atoms with Crippen LogP contribution in [0, 0.1) is 0 Å². The molecule has 16 heavy (non-hydrogen) atoms. The highest BCUT2D eigenvalue weighted by molar-refractivity contribution is 5.12. The van der Waals surface area contributed by atoms with Gasteiger partial charge in [-0.05, 0) is 44.2 Å². The van der Waals surface area contributed by atoms with E-state index in [0.717, 1.165) is 31.6 Å². The fourth-order valence-electron chi connectivity index (χ4n) is 2.22. The molecule has 3 nitrogen and oxygen atoms in total. The number of hydrogen-bond donors (Lipinski definition) is 1. The molecule has 1 fully saturated rings. The van der Waals surface area contributed by atoms with Crippen molar-refractivity contribution >= 4 is 0 Å². The van der Waals surface area contributed by atoms with Crippen LogP contribution in [-0.4, -0.2) is 22.4 Å². The lowest BCUT2D eigenvalue weighted by atomic mass is 10.1. The van der Waals surface area contributed by atoms with Crippen molar-refractivity contribution in [3.05, 3.63) is 24.0 Å². The summed E-state index contributed by atoms with van der Waals surface area (Å²) < 4.78 is 7.73. The molecule has 1 aromatic rings. The van der Waals surface area contributed by atoms with Crippen molar-refractivity contribution in [1.82, 2.24) is 4.57 Å². The molecule has 1 aliphatic heterocycles. The van der Waals surface area contributed by atoms with Crippen LogP contribution in [0.1, 0.15) is 44.3 Å². The van der Waals surface area contributed by atoms with Crippen LogP contribution in [0.4, 0.5) is 0 Å². The number of rotatable bonds is 5. The Bertz CT molecular complexity index is 313. The highest BCUT2D eigenvalue weighted by Gasteiger charge is 2.14. The van der Waals surface area contributed by atoms with Crippen molar-refractivity contribution in [1.29, 1.82) is 0 Å². The maximum absolute atomic E-state index is 9.40. The number of ether oxygens (including phenoxy) is 1. The molecular formula is C13H21NO2. The van der Waals surface area contributed by atoms with Crippen molar-refractivity contribution in [2.24, 2.45) is 0 Å². The Kier molecular flexibility index (Phi) is 4.02. The second kappa shape index (κ2) is 5.51. The molecule has 2 rings (SSSR count). The van der Waals surface area contributed by atoms with Gasteiger partial charge in [-0.1, -0.05) is 0 Å². The van der Waals surface area contributed by atoms with Crippen molar-refractivity contribution in [2.45, 2.75) is 51.4 Å². The third-order valence-electron chi connectivity index (χ3n) is 3.22. The van der Waals surface area contributed by atoms with Gasteiger partial charge in [0.1, 0.15) is 0 Å². The molecule has 0 bridgehead atoms. The molecule has 0 radical (unpaired) electrons. The molecule has 2 unspecified atom stereocenters. The smallest absolute Gasteiger partial charge is 0.0776 e. The SMILES string of the molecule is CC(O)c1ccn(CCCC2CCCO2)c1. The Balaban J connectivity index is 1.72. The van der Waals surface area contributed by atoms with E-state index in [4.69, 9.17) is 4.74 Å². The zero-order chi connectivity index (χ0) is 11.4. The van der Waals surface area contributed by atoms with E-state index in [1.54, 1.807) is 6.92 Å². The summed E-state index contributed by atoms with van der Waals surface area (Å²) >= 11 is 0. The number of aliphatic hydroxyl groups is 1. The number of aryl methyl sites for hydroxylation is 1. The molecule has 2 heterocycles. The highest BCUT2D eigenvalue weighted by atomic mass is 16.5. The van der Waals surface area contributed by atoms with Crippen LogP contribution in [0.5, 0.6) is 0 Å². The molecule has 1 N–H and O–H groups in total. The van der Waals surface area contributed by atoms with Gasteiger partial charge in [0.2, 0.25) is 0 Å². The largest absolute Gasteiger partial charge is 0.389 e. The fraction of sp³-hybridized carbons (Fsp3) is 0.692. The monoisotopic (exact) mass is 223 g/mol. The van der Waals surface area contributed by atoms with Crippen molar-refractivity contribution in [3.8, 4) is 0 Å². The van der Waals surface area contributed by atoms with E-state index in [-0.39, 0.29) is 6.10 Å². The van der Waals surface area contributed by atoms with Crippen LogP contribution in [0.25, 0.3) is 0 Å². The summed E-state index contributed by atoms with van der Waals surface area (Å²) in [5.41, 5.74) is 0.997. The summed E-state index contributed by atoms with van der Waals surface area (Å²) in [5.74, 6) is 0. The summed E-state index contributed by atoms with van der Waals surface area (Å²) in [6.45, 7) is 3.76. The predicted octanol–water partition coefficient (Wildman–Crippen LogP) is 2.50. The summed E-state index contributed by atoms with van der Waals surface area (Å²) in [4.78, 5) is 0. The van der Waals surface area contributed by atoms with Crippen LogP contribution >= 0.6 is 0 Å². The van der Waals surface area contributed by atoms with E-state index in [2.05, 4.69) is 4.57 Å².